The summed E-state index contributed by atoms with van der Waals surface area (Å²) in [6.45, 7) is 5.40. The Kier molecular flexibility index (Phi) is 7.89. The Morgan fingerprint density at radius 1 is 1.38 bits per heavy atom. The predicted molar refractivity (Wildman–Crippen MR) is 65.2 cm³/mol. The van der Waals surface area contributed by atoms with Crippen LogP contribution >= 0.6 is 0 Å². The topological polar surface area (TPSA) is 50.4 Å². The number of hydroxylamine groups is 1. The zero-order chi connectivity index (χ0) is 12.4. The number of carbonyl (C=O) groups excluding carboxylic acids is 1. The van der Waals surface area contributed by atoms with Crippen LogP contribution in [0.15, 0.2) is 35.7 Å². The lowest BCUT2D eigenvalue weighted by Crippen LogP contribution is -2.26. The SMILES string of the molecule is C\C=C/C=C(NOC)\C(=C/CC)NC(C)=O. The molecule has 90 valence electrons. The highest BCUT2D eigenvalue weighted by Gasteiger charge is 2.05. The Hall–Kier alpha value is -1.55. The van der Waals surface area contributed by atoms with Crippen LogP contribution in [0.1, 0.15) is 27.2 Å². The molecule has 0 fully saturated rings. The van der Waals surface area contributed by atoms with Crippen molar-refractivity contribution in [2.75, 3.05) is 7.11 Å². The summed E-state index contributed by atoms with van der Waals surface area (Å²) in [7, 11) is 1.53. The summed E-state index contributed by atoms with van der Waals surface area (Å²) in [5.74, 6) is -0.107. The monoisotopic (exact) mass is 224 g/mol. The highest BCUT2D eigenvalue weighted by molar-refractivity contribution is 5.75. The van der Waals surface area contributed by atoms with E-state index in [9.17, 15) is 4.79 Å². The Morgan fingerprint density at radius 2 is 2.06 bits per heavy atom. The molecule has 0 saturated carbocycles. The van der Waals surface area contributed by atoms with Gasteiger partial charge in [0, 0.05) is 6.92 Å². The van der Waals surface area contributed by atoms with Crippen LogP contribution in [0.2, 0.25) is 0 Å². The molecular weight excluding hydrogens is 204 g/mol. The molecule has 0 heterocycles. The van der Waals surface area contributed by atoms with Gasteiger partial charge in [0.25, 0.3) is 0 Å². The molecule has 4 nitrogen and oxygen atoms in total. The number of allylic oxidation sites excluding steroid dienone is 4. The Bertz CT molecular complexity index is 304. The molecule has 0 saturated heterocycles. The average molecular weight is 224 g/mol. The van der Waals surface area contributed by atoms with E-state index in [1.165, 1.54) is 14.0 Å². The molecule has 0 radical (unpaired) electrons. The van der Waals surface area contributed by atoms with Crippen molar-refractivity contribution in [2.45, 2.75) is 27.2 Å². The van der Waals surface area contributed by atoms with Gasteiger partial charge >= 0.3 is 0 Å². The zero-order valence-electron chi connectivity index (χ0n) is 10.3. The standard InChI is InChI=1S/C12H20N2O2/c1-5-7-9-12(14-16-4)11(8-6-2)13-10(3)15/h5,7-9,14H,6H2,1-4H3,(H,13,15)/b7-5-,11-8+,12-9+. The fraction of sp³-hybridized carbons (Fsp3) is 0.417. The first-order valence-corrected chi connectivity index (χ1v) is 5.25. The molecule has 0 aromatic rings. The molecule has 0 aliphatic rings. The molecule has 0 aromatic heterocycles. The van der Waals surface area contributed by atoms with Gasteiger partial charge in [-0.3, -0.25) is 15.1 Å². The van der Waals surface area contributed by atoms with Crippen molar-refractivity contribution in [1.29, 1.82) is 0 Å². The lowest BCUT2D eigenvalue weighted by atomic mass is 10.2. The highest BCUT2D eigenvalue weighted by Crippen LogP contribution is 2.05. The van der Waals surface area contributed by atoms with Crippen LogP contribution in [0.25, 0.3) is 0 Å². The molecule has 0 aliphatic heterocycles. The zero-order valence-corrected chi connectivity index (χ0v) is 10.3. The van der Waals surface area contributed by atoms with Crippen LogP contribution in [-0.2, 0) is 9.63 Å². The molecule has 0 atom stereocenters. The minimum Gasteiger partial charge on any atom is -0.325 e. The van der Waals surface area contributed by atoms with Crippen molar-refractivity contribution in [3.8, 4) is 0 Å². The summed E-state index contributed by atoms with van der Waals surface area (Å²) < 4.78 is 0. The largest absolute Gasteiger partial charge is 0.325 e. The lowest BCUT2D eigenvalue weighted by molar-refractivity contribution is -0.118. The first-order valence-electron chi connectivity index (χ1n) is 5.25. The quantitative estimate of drug-likeness (QED) is 0.536. The van der Waals surface area contributed by atoms with Gasteiger partial charge in [-0.25, -0.2) is 0 Å². The van der Waals surface area contributed by atoms with Gasteiger partial charge in [-0.2, -0.15) is 0 Å². The van der Waals surface area contributed by atoms with E-state index in [4.69, 9.17) is 4.84 Å². The number of amides is 1. The van der Waals surface area contributed by atoms with Crippen LogP contribution < -0.4 is 10.8 Å². The van der Waals surface area contributed by atoms with E-state index < -0.39 is 0 Å². The second-order valence-electron chi connectivity index (χ2n) is 3.12. The van der Waals surface area contributed by atoms with E-state index in [1.807, 2.05) is 38.2 Å². The van der Waals surface area contributed by atoms with E-state index >= 15 is 0 Å². The molecule has 0 aliphatic carbocycles. The van der Waals surface area contributed by atoms with Crippen LogP contribution in [0.3, 0.4) is 0 Å². The van der Waals surface area contributed by atoms with Crippen LogP contribution in [0.5, 0.6) is 0 Å². The van der Waals surface area contributed by atoms with Gasteiger partial charge < -0.3 is 5.32 Å². The summed E-state index contributed by atoms with van der Waals surface area (Å²) >= 11 is 0. The third kappa shape index (κ3) is 6.03. The van der Waals surface area contributed by atoms with Crippen molar-refractivity contribution in [2.24, 2.45) is 0 Å². The second-order valence-corrected chi connectivity index (χ2v) is 3.12. The maximum absolute atomic E-state index is 11.0. The molecule has 0 bridgehead atoms. The molecule has 1 amide bonds. The summed E-state index contributed by atoms with van der Waals surface area (Å²) in [6, 6.07) is 0. The van der Waals surface area contributed by atoms with E-state index in [-0.39, 0.29) is 5.91 Å². The van der Waals surface area contributed by atoms with Gasteiger partial charge in [0.2, 0.25) is 5.91 Å². The van der Waals surface area contributed by atoms with E-state index in [0.29, 0.717) is 0 Å². The smallest absolute Gasteiger partial charge is 0.221 e. The summed E-state index contributed by atoms with van der Waals surface area (Å²) in [5.41, 5.74) is 4.17. The number of hydrogen-bond acceptors (Lipinski definition) is 3. The molecular formula is C12H20N2O2. The molecule has 2 N–H and O–H groups in total. The van der Waals surface area contributed by atoms with Gasteiger partial charge in [-0.1, -0.05) is 25.2 Å². The van der Waals surface area contributed by atoms with Crippen molar-refractivity contribution in [1.82, 2.24) is 10.8 Å². The Morgan fingerprint density at radius 3 is 2.50 bits per heavy atom. The molecule has 0 unspecified atom stereocenters. The first kappa shape index (κ1) is 14.5. The van der Waals surface area contributed by atoms with Crippen LogP contribution in [0.4, 0.5) is 0 Å². The normalized spacial score (nSPS) is 13.0. The van der Waals surface area contributed by atoms with Crippen LogP contribution in [0, 0.1) is 0 Å². The first-order chi connectivity index (χ1) is 7.65. The van der Waals surface area contributed by atoms with Crippen molar-refractivity contribution >= 4 is 5.91 Å². The summed E-state index contributed by atoms with van der Waals surface area (Å²) in [6.07, 6.45) is 8.35. The van der Waals surface area contributed by atoms with Crippen LogP contribution in [-0.4, -0.2) is 13.0 Å². The maximum Gasteiger partial charge on any atom is 0.221 e. The highest BCUT2D eigenvalue weighted by atomic mass is 16.6. The minimum absolute atomic E-state index is 0.107. The number of nitrogens with one attached hydrogen (secondary N) is 2. The van der Waals surface area contributed by atoms with E-state index in [2.05, 4.69) is 10.8 Å². The predicted octanol–water partition coefficient (Wildman–Crippen LogP) is 2.03. The summed E-state index contributed by atoms with van der Waals surface area (Å²) in [5, 5.41) is 2.75. The van der Waals surface area contributed by atoms with Gasteiger partial charge in [0.05, 0.1) is 18.5 Å². The summed E-state index contributed by atoms with van der Waals surface area (Å²) in [4.78, 5) is 15.9. The van der Waals surface area contributed by atoms with Gasteiger partial charge in [0.1, 0.15) is 0 Å². The average Bonchev–Trinajstić information content (AvgIpc) is 2.23. The second kappa shape index (κ2) is 8.73. The van der Waals surface area contributed by atoms with E-state index in [1.54, 1.807) is 0 Å². The lowest BCUT2D eigenvalue weighted by Gasteiger charge is -2.13. The third-order valence-corrected chi connectivity index (χ3v) is 1.68. The molecule has 16 heavy (non-hydrogen) atoms. The number of carbonyl (C=O) groups is 1. The van der Waals surface area contributed by atoms with Gasteiger partial charge in [-0.05, 0) is 19.4 Å². The fourth-order valence-electron chi connectivity index (χ4n) is 1.10. The molecule has 0 spiro atoms. The van der Waals surface area contributed by atoms with Gasteiger partial charge in [-0.15, -0.1) is 0 Å². The number of rotatable bonds is 6. The van der Waals surface area contributed by atoms with Gasteiger partial charge in [0.15, 0.2) is 0 Å². The molecule has 4 heteroatoms. The Balaban J connectivity index is 4.94. The fourth-order valence-corrected chi connectivity index (χ4v) is 1.10. The molecule has 0 rings (SSSR count). The molecule has 0 aromatic carbocycles. The number of hydrogen-bond donors (Lipinski definition) is 2. The minimum atomic E-state index is -0.107. The van der Waals surface area contributed by atoms with Crippen molar-refractivity contribution in [3.63, 3.8) is 0 Å². The third-order valence-electron chi connectivity index (χ3n) is 1.68. The maximum atomic E-state index is 11.0. The Labute approximate surface area is 97.0 Å². The van der Waals surface area contributed by atoms with Crippen molar-refractivity contribution < 1.29 is 9.63 Å². The van der Waals surface area contributed by atoms with Crippen molar-refractivity contribution in [3.05, 3.63) is 35.7 Å². The van der Waals surface area contributed by atoms with E-state index in [0.717, 1.165) is 17.8 Å².